The van der Waals surface area contributed by atoms with E-state index in [2.05, 4.69) is 0 Å². The molecular weight excluding hydrogens is 236 g/mol. The predicted molar refractivity (Wildman–Crippen MR) is 55.7 cm³/mol. The van der Waals surface area contributed by atoms with Crippen LogP contribution in [0, 0.1) is 5.92 Å². The Morgan fingerprint density at radius 2 is 2.19 bits per heavy atom. The van der Waals surface area contributed by atoms with Gasteiger partial charge in [-0.25, -0.2) is 9.59 Å². The minimum absolute atomic E-state index is 0.0582. The van der Waals surface area contributed by atoms with E-state index in [1.165, 1.54) is 0 Å². The number of H-pyrrole nitrogens is 1. The Hall–Kier alpha value is -1.56. The van der Waals surface area contributed by atoms with Gasteiger partial charge in [0.25, 0.3) is 5.56 Å². The van der Waals surface area contributed by atoms with Crippen LogP contribution >= 0.6 is 11.6 Å². The predicted octanol–water partition coefficient (Wildman–Crippen LogP) is 0.226. The van der Waals surface area contributed by atoms with Crippen molar-refractivity contribution in [3.05, 3.63) is 32.1 Å². The highest BCUT2D eigenvalue weighted by Crippen LogP contribution is 2.39. The Labute approximate surface area is 94.5 Å². The lowest BCUT2D eigenvalue weighted by molar-refractivity contribution is -0.141. The average molecular weight is 245 g/mol. The topological polar surface area (TPSA) is 92.2 Å². The Kier molecular flexibility index (Phi) is 2.59. The van der Waals surface area contributed by atoms with E-state index >= 15 is 0 Å². The first-order chi connectivity index (χ1) is 7.50. The van der Waals surface area contributed by atoms with Crippen molar-refractivity contribution in [1.82, 2.24) is 9.55 Å². The molecule has 0 saturated heterocycles. The molecule has 7 heteroatoms. The van der Waals surface area contributed by atoms with Gasteiger partial charge in [0.05, 0.1) is 0 Å². The van der Waals surface area contributed by atoms with Gasteiger partial charge in [-0.15, -0.1) is 0 Å². The lowest BCUT2D eigenvalue weighted by Gasteiger charge is -2.13. The zero-order valence-electron chi connectivity index (χ0n) is 8.14. The Morgan fingerprint density at radius 3 is 2.69 bits per heavy atom. The van der Waals surface area contributed by atoms with Crippen LogP contribution < -0.4 is 11.2 Å². The highest BCUT2D eigenvalue weighted by molar-refractivity contribution is 6.30. The van der Waals surface area contributed by atoms with Crippen LogP contribution in [0.25, 0.3) is 0 Å². The fourth-order valence-corrected chi connectivity index (χ4v) is 1.78. The summed E-state index contributed by atoms with van der Waals surface area (Å²) in [6, 6.07) is -0.943. The summed E-state index contributed by atoms with van der Waals surface area (Å²) in [4.78, 5) is 35.5. The largest absolute Gasteiger partial charge is 0.480 e. The van der Waals surface area contributed by atoms with Crippen molar-refractivity contribution in [3.63, 3.8) is 0 Å². The normalized spacial score (nSPS) is 17.1. The Bertz CT molecular complexity index is 543. The summed E-state index contributed by atoms with van der Waals surface area (Å²) < 4.78 is 0.976. The third-order valence-electron chi connectivity index (χ3n) is 2.55. The van der Waals surface area contributed by atoms with Crippen molar-refractivity contribution in [2.75, 3.05) is 0 Å². The standard InChI is InChI=1S/C9H9ClN2O4/c10-5-3-12(9(16)11-7(5)13)6(8(14)15)4-1-2-4/h3-4,6H,1-2H2,(H,14,15)(H,11,13,16). The molecule has 2 N–H and O–H groups in total. The fourth-order valence-electron chi connectivity index (χ4n) is 1.63. The van der Waals surface area contributed by atoms with Gasteiger partial charge in [-0.2, -0.15) is 0 Å². The quantitative estimate of drug-likeness (QED) is 0.796. The smallest absolute Gasteiger partial charge is 0.329 e. The Balaban J connectivity index is 2.53. The van der Waals surface area contributed by atoms with E-state index in [0.717, 1.165) is 23.6 Å². The van der Waals surface area contributed by atoms with Crippen LogP contribution in [-0.2, 0) is 4.79 Å². The average Bonchev–Trinajstić information content (AvgIpc) is 2.97. The maximum absolute atomic E-state index is 11.5. The number of hydrogen-bond donors (Lipinski definition) is 2. The van der Waals surface area contributed by atoms with E-state index in [4.69, 9.17) is 16.7 Å². The van der Waals surface area contributed by atoms with Crippen molar-refractivity contribution < 1.29 is 9.90 Å². The number of aromatic nitrogens is 2. The number of aromatic amines is 1. The molecule has 1 saturated carbocycles. The third-order valence-corrected chi connectivity index (χ3v) is 2.81. The van der Waals surface area contributed by atoms with Crippen LogP contribution in [0.2, 0.25) is 5.02 Å². The zero-order chi connectivity index (χ0) is 11.9. The van der Waals surface area contributed by atoms with Gasteiger partial charge in [0, 0.05) is 6.20 Å². The summed E-state index contributed by atoms with van der Waals surface area (Å²) in [6.07, 6.45) is 2.61. The molecule has 6 nitrogen and oxygen atoms in total. The van der Waals surface area contributed by atoms with Crippen molar-refractivity contribution in [2.24, 2.45) is 5.92 Å². The molecule has 0 aromatic carbocycles. The molecule has 1 unspecified atom stereocenters. The van der Waals surface area contributed by atoms with E-state index in [1.807, 2.05) is 4.98 Å². The maximum Gasteiger partial charge on any atom is 0.329 e. The van der Waals surface area contributed by atoms with Crippen LogP contribution in [0.15, 0.2) is 15.8 Å². The highest BCUT2D eigenvalue weighted by Gasteiger charge is 2.38. The molecule has 0 radical (unpaired) electrons. The van der Waals surface area contributed by atoms with Gasteiger partial charge in [0.1, 0.15) is 11.1 Å². The molecule has 1 aromatic rings. The number of halogens is 1. The summed E-state index contributed by atoms with van der Waals surface area (Å²) >= 11 is 5.56. The molecule has 1 aliphatic rings. The summed E-state index contributed by atoms with van der Waals surface area (Å²) in [5.41, 5.74) is -1.45. The van der Waals surface area contributed by atoms with Gasteiger partial charge in [-0.3, -0.25) is 14.3 Å². The monoisotopic (exact) mass is 244 g/mol. The van der Waals surface area contributed by atoms with Crippen LogP contribution in [0.5, 0.6) is 0 Å². The number of carbonyl (C=O) groups is 1. The number of carboxylic acids is 1. The first-order valence-corrected chi connectivity index (χ1v) is 5.12. The van der Waals surface area contributed by atoms with Gasteiger partial charge in [0.15, 0.2) is 0 Å². The van der Waals surface area contributed by atoms with Gasteiger partial charge < -0.3 is 5.11 Å². The molecule has 0 spiro atoms. The van der Waals surface area contributed by atoms with E-state index in [1.54, 1.807) is 0 Å². The second kappa shape index (κ2) is 3.79. The molecule has 16 heavy (non-hydrogen) atoms. The van der Waals surface area contributed by atoms with E-state index in [-0.39, 0.29) is 10.9 Å². The second-order valence-corrected chi connectivity index (χ2v) is 4.17. The summed E-state index contributed by atoms with van der Waals surface area (Å²) in [7, 11) is 0. The van der Waals surface area contributed by atoms with Crippen molar-refractivity contribution in [1.29, 1.82) is 0 Å². The molecule has 2 rings (SSSR count). The van der Waals surface area contributed by atoms with E-state index in [0.29, 0.717) is 0 Å². The van der Waals surface area contributed by atoms with E-state index in [9.17, 15) is 14.4 Å². The van der Waals surface area contributed by atoms with Gasteiger partial charge >= 0.3 is 11.7 Å². The minimum Gasteiger partial charge on any atom is -0.480 e. The molecule has 1 aliphatic carbocycles. The van der Waals surface area contributed by atoms with Crippen LogP contribution in [-0.4, -0.2) is 20.6 Å². The van der Waals surface area contributed by atoms with Crippen LogP contribution in [0.4, 0.5) is 0 Å². The number of aliphatic carboxylic acids is 1. The maximum atomic E-state index is 11.5. The highest BCUT2D eigenvalue weighted by atomic mass is 35.5. The van der Waals surface area contributed by atoms with Crippen LogP contribution in [0.1, 0.15) is 18.9 Å². The molecule has 0 aliphatic heterocycles. The fraction of sp³-hybridized carbons (Fsp3) is 0.444. The van der Waals surface area contributed by atoms with E-state index < -0.39 is 23.3 Å². The van der Waals surface area contributed by atoms with Crippen molar-refractivity contribution in [3.8, 4) is 0 Å². The molecule has 86 valence electrons. The third kappa shape index (κ3) is 1.88. The molecule has 1 aromatic heterocycles. The zero-order valence-corrected chi connectivity index (χ0v) is 8.90. The first kappa shape index (κ1) is 10.9. The first-order valence-electron chi connectivity index (χ1n) is 4.74. The number of nitrogens with one attached hydrogen (secondary N) is 1. The number of carboxylic acid groups (broad SMARTS) is 1. The van der Waals surface area contributed by atoms with Gasteiger partial charge in [0.2, 0.25) is 0 Å². The molecule has 1 heterocycles. The molecular formula is C9H9ClN2O4. The molecule has 0 bridgehead atoms. The minimum atomic E-state index is -1.09. The second-order valence-electron chi connectivity index (χ2n) is 3.76. The molecule has 0 amide bonds. The summed E-state index contributed by atoms with van der Waals surface area (Å²) in [5.74, 6) is -1.15. The number of hydrogen-bond acceptors (Lipinski definition) is 3. The Morgan fingerprint density at radius 1 is 1.56 bits per heavy atom. The molecule has 1 fully saturated rings. The lowest BCUT2D eigenvalue weighted by Crippen LogP contribution is -2.36. The van der Waals surface area contributed by atoms with Gasteiger partial charge in [-0.05, 0) is 18.8 Å². The lowest BCUT2D eigenvalue weighted by atomic mass is 10.2. The van der Waals surface area contributed by atoms with Gasteiger partial charge in [-0.1, -0.05) is 11.6 Å². The number of rotatable bonds is 3. The van der Waals surface area contributed by atoms with Crippen LogP contribution in [0.3, 0.4) is 0 Å². The van der Waals surface area contributed by atoms with Crippen molar-refractivity contribution >= 4 is 17.6 Å². The summed E-state index contributed by atoms with van der Waals surface area (Å²) in [5, 5.41) is 8.84. The van der Waals surface area contributed by atoms with Crippen molar-refractivity contribution in [2.45, 2.75) is 18.9 Å². The SMILES string of the molecule is O=C(O)C(C1CC1)n1cc(Cl)c(=O)[nH]c1=O. The number of nitrogens with zero attached hydrogens (tertiary/aromatic N) is 1. The summed E-state index contributed by atoms with van der Waals surface area (Å²) in [6.45, 7) is 0. The molecule has 1 atom stereocenters.